The number of aryl methyl sites for hydroxylation is 1. The van der Waals surface area contributed by atoms with Gasteiger partial charge in [-0.15, -0.1) is 11.3 Å². The molecule has 0 spiro atoms. The molecule has 0 atom stereocenters. The molecular formula is C11H14BrN5S. The normalized spacial score (nSPS) is 10.4. The minimum absolute atomic E-state index is 0.622. The van der Waals surface area contributed by atoms with E-state index in [0.717, 1.165) is 29.1 Å². The molecule has 0 unspecified atom stereocenters. The average molecular weight is 328 g/mol. The Hall–Kier alpha value is -1.18. The summed E-state index contributed by atoms with van der Waals surface area (Å²) in [5, 5.41) is 5.32. The predicted molar refractivity (Wildman–Crippen MR) is 78.6 cm³/mol. The van der Waals surface area contributed by atoms with Crippen LogP contribution in [0.25, 0.3) is 0 Å². The van der Waals surface area contributed by atoms with Crippen molar-refractivity contribution >= 4 is 38.9 Å². The van der Waals surface area contributed by atoms with Crippen LogP contribution in [0.1, 0.15) is 17.6 Å². The molecule has 18 heavy (non-hydrogen) atoms. The Morgan fingerprint density at radius 2 is 2.11 bits per heavy atom. The third kappa shape index (κ3) is 3.41. The molecule has 0 amide bonds. The van der Waals surface area contributed by atoms with E-state index < -0.39 is 0 Å². The van der Waals surface area contributed by atoms with Crippen LogP contribution in [0.2, 0.25) is 0 Å². The maximum Gasteiger partial charge on any atom is 0.145 e. The Kier molecular flexibility index (Phi) is 4.51. The van der Waals surface area contributed by atoms with Crippen LogP contribution in [0, 0.1) is 0 Å². The molecule has 0 aromatic carbocycles. The summed E-state index contributed by atoms with van der Waals surface area (Å²) < 4.78 is 1.10. The van der Waals surface area contributed by atoms with E-state index in [2.05, 4.69) is 48.1 Å². The Labute approximate surface area is 118 Å². The van der Waals surface area contributed by atoms with Gasteiger partial charge in [-0.2, -0.15) is 0 Å². The van der Waals surface area contributed by atoms with Gasteiger partial charge in [0, 0.05) is 27.2 Å². The van der Waals surface area contributed by atoms with Gasteiger partial charge in [-0.25, -0.2) is 15.8 Å². The number of rotatable bonds is 5. The van der Waals surface area contributed by atoms with Crippen LogP contribution in [-0.4, -0.2) is 9.97 Å². The number of thiophene rings is 1. The van der Waals surface area contributed by atoms with Crippen molar-refractivity contribution in [2.24, 2.45) is 5.84 Å². The van der Waals surface area contributed by atoms with Gasteiger partial charge in [-0.05, 0) is 22.0 Å². The zero-order valence-electron chi connectivity index (χ0n) is 9.90. The van der Waals surface area contributed by atoms with Crippen LogP contribution in [0.4, 0.5) is 11.6 Å². The van der Waals surface area contributed by atoms with Crippen LogP contribution in [0.3, 0.4) is 0 Å². The van der Waals surface area contributed by atoms with Crippen molar-refractivity contribution in [3.05, 3.63) is 32.7 Å². The quantitative estimate of drug-likeness (QED) is 0.581. The maximum atomic E-state index is 5.38. The number of nitrogens with two attached hydrogens (primary N) is 1. The van der Waals surface area contributed by atoms with Gasteiger partial charge in [0.2, 0.25) is 0 Å². The average Bonchev–Trinajstić information content (AvgIpc) is 2.81. The molecule has 0 aliphatic heterocycles. The summed E-state index contributed by atoms with van der Waals surface area (Å²) in [5.74, 6) is 7.54. The fourth-order valence-electron chi connectivity index (χ4n) is 1.44. The minimum atomic E-state index is 0.622. The van der Waals surface area contributed by atoms with Gasteiger partial charge >= 0.3 is 0 Å². The molecule has 0 aliphatic rings. The fraction of sp³-hybridized carbons (Fsp3) is 0.273. The Morgan fingerprint density at radius 1 is 1.33 bits per heavy atom. The van der Waals surface area contributed by atoms with Gasteiger partial charge in [-0.1, -0.05) is 6.92 Å². The van der Waals surface area contributed by atoms with Crippen LogP contribution in [-0.2, 0) is 13.0 Å². The van der Waals surface area contributed by atoms with Crippen LogP contribution in [0.5, 0.6) is 0 Å². The second-order valence-corrected chi connectivity index (χ2v) is 5.55. The predicted octanol–water partition coefficient (Wildman–Crippen LogP) is 2.76. The summed E-state index contributed by atoms with van der Waals surface area (Å²) in [5.41, 5.74) is 2.55. The van der Waals surface area contributed by atoms with E-state index in [9.17, 15) is 0 Å². The van der Waals surface area contributed by atoms with Crippen LogP contribution in [0.15, 0.2) is 22.0 Å². The lowest BCUT2D eigenvalue weighted by Gasteiger charge is -2.08. The molecule has 2 rings (SSSR count). The smallest absolute Gasteiger partial charge is 0.145 e. The molecule has 2 heterocycles. The van der Waals surface area contributed by atoms with Crippen molar-refractivity contribution in [3.63, 3.8) is 0 Å². The number of hydrogen-bond donors (Lipinski definition) is 3. The molecule has 96 valence electrons. The SMILES string of the molecule is CCc1nc(NN)cc(NCc2cc(Br)cs2)n1. The summed E-state index contributed by atoms with van der Waals surface area (Å²) in [6, 6.07) is 3.88. The van der Waals surface area contributed by atoms with Gasteiger partial charge in [0.25, 0.3) is 0 Å². The Bertz CT molecular complexity index is 506. The first-order chi connectivity index (χ1) is 8.71. The highest BCUT2D eigenvalue weighted by molar-refractivity contribution is 9.10. The Balaban J connectivity index is 2.08. The number of hydrazine groups is 1. The van der Waals surface area contributed by atoms with Crippen molar-refractivity contribution in [2.75, 3.05) is 10.7 Å². The number of hydrogen-bond acceptors (Lipinski definition) is 6. The molecular weight excluding hydrogens is 314 g/mol. The third-order valence-corrected chi connectivity index (χ3v) is 4.00. The maximum absolute atomic E-state index is 5.38. The number of halogens is 1. The lowest BCUT2D eigenvalue weighted by Crippen LogP contribution is -2.12. The topological polar surface area (TPSA) is 75.9 Å². The van der Waals surface area contributed by atoms with Crippen molar-refractivity contribution < 1.29 is 0 Å². The van der Waals surface area contributed by atoms with Gasteiger partial charge < -0.3 is 10.7 Å². The minimum Gasteiger partial charge on any atom is -0.365 e. The summed E-state index contributed by atoms with van der Waals surface area (Å²) in [6.45, 7) is 2.75. The lowest BCUT2D eigenvalue weighted by molar-refractivity contribution is 0.932. The van der Waals surface area contributed by atoms with Crippen molar-refractivity contribution in [1.82, 2.24) is 9.97 Å². The summed E-state index contributed by atoms with van der Waals surface area (Å²) in [4.78, 5) is 9.87. The number of nitrogens with zero attached hydrogens (tertiary/aromatic N) is 2. The largest absolute Gasteiger partial charge is 0.365 e. The van der Waals surface area contributed by atoms with E-state index in [1.807, 2.05) is 6.92 Å². The number of anilines is 2. The van der Waals surface area contributed by atoms with E-state index in [1.165, 1.54) is 4.88 Å². The monoisotopic (exact) mass is 327 g/mol. The molecule has 0 radical (unpaired) electrons. The van der Waals surface area contributed by atoms with E-state index in [4.69, 9.17) is 5.84 Å². The van der Waals surface area contributed by atoms with Gasteiger partial charge in [0.05, 0.1) is 6.54 Å². The van der Waals surface area contributed by atoms with E-state index >= 15 is 0 Å². The summed E-state index contributed by atoms with van der Waals surface area (Å²) >= 11 is 5.13. The molecule has 0 bridgehead atoms. The molecule has 5 nitrogen and oxygen atoms in total. The summed E-state index contributed by atoms with van der Waals surface area (Å²) in [6.07, 6.45) is 0.773. The molecule has 0 aliphatic carbocycles. The van der Waals surface area contributed by atoms with Crippen LogP contribution < -0.4 is 16.6 Å². The van der Waals surface area contributed by atoms with Crippen LogP contribution >= 0.6 is 27.3 Å². The third-order valence-electron chi connectivity index (χ3n) is 2.30. The number of nitrogen functional groups attached to an aromatic ring is 1. The zero-order valence-corrected chi connectivity index (χ0v) is 12.3. The highest BCUT2D eigenvalue weighted by atomic mass is 79.9. The highest BCUT2D eigenvalue weighted by Gasteiger charge is 2.03. The standard InChI is InChI=1S/C11H14BrN5S/c1-2-9-15-10(4-11(16-9)17-13)14-5-8-3-7(12)6-18-8/h3-4,6H,2,5,13H2,1H3,(H2,14,15,16,17). The Morgan fingerprint density at radius 3 is 2.72 bits per heavy atom. The molecule has 0 saturated heterocycles. The molecule has 2 aromatic heterocycles. The summed E-state index contributed by atoms with van der Waals surface area (Å²) in [7, 11) is 0. The first-order valence-corrected chi connectivity index (χ1v) is 7.20. The first kappa shape index (κ1) is 13.3. The molecule has 2 aromatic rings. The molecule has 4 N–H and O–H groups in total. The van der Waals surface area contributed by atoms with Gasteiger partial charge in [-0.3, -0.25) is 0 Å². The fourth-order valence-corrected chi connectivity index (χ4v) is 2.83. The number of aromatic nitrogens is 2. The zero-order chi connectivity index (χ0) is 13.0. The first-order valence-electron chi connectivity index (χ1n) is 5.52. The van der Waals surface area contributed by atoms with E-state index in [1.54, 1.807) is 17.4 Å². The lowest BCUT2D eigenvalue weighted by atomic mass is 10.4. The second kappa shape index (κ2) is 6.12. The van der Waals surface area contributed by atoms with Crippen molar-refractivity contribution in [3.8, 4) is 0 Å². The molecule has 0 fully saturated rings. The van der Waals surface area contributed by atoms with Gasteiger partial charge in [0.15, 0.2) is 0 Å². The molecule has 0 saturated carbocycles. The highest BCUT2D eigenvalue weighted by Crippen LogP contribution is 2.21. The van der Waals surface area contributed by atoms with Crippen molar-refractivity contribution in [2.45, 2.75) is 19.9 Å². The van der Waals surface area contributed by atoms with Gasteiger partial charge in [0.1, 0.15) is 17.5 Å². The molecule has 7 heteroatoms. The number of nitrogens with one attached hydrogen (secondary N) is 2. The second-order valence-electron chi connectivity index (χ2n) is 3.64. The van der Waals surface area contributed by atoms with E-state index in [0.29, 0.717) is 5.82 Å². The van der Waals surface area contributed by atoms with Crippen molar-refractivity contribution in [1.29, 1.82) is 0 Å². The van der Waals surface area contributed by atoms with E-state index in [-0.39, 0.29) is 0 Å².